The minimum atomic E-state index is -1.23. The molecular weight excluding hydrogens is 821 g/mol. The van der Waals surface area contributed by atoms with E-state index < -0.39 is 24.6 Å². The number of aromatic amines is 2. The Bertz CT molecular complexity index is 2530. The van der Waals surface area contributed by atoms with Crippen LogP contribution in [0.25, 0.3) is 44.5 Å². The molecule has 3 aromatic carbocycles. The topological polar surface area (TPSA) is 178 Å². The fourth-order valence-corrected chi connectivity index (χ4v) is 10.9. The molecule has 14 nitrogen and oxygen atoms in total. The minimum Gasteiger partial charge on any atom is -0.453 e. The Labute approximate surface area is 381 Å². The molecule has 3 fully saturated rings. The van der Waals surface area contributed by atoms with Gasteiger partial charge in [-0.3, -0.25) is 14.9 Å². The average Bonchev–Trinajstić information content (AvgIpc) is 4.05. The first-order valence-electron chi connectivity index (χ1n) is 23.7. The number of H-pyrrole nitrogens is 2. The summed E-state index contributed by atoms with van der Waals surface area (Å²) in [5.41, 5.74) is 11.6. The smallest absolute Gasteiger partial charge is 0.407 e. The van der Waals surface area contributed by atoms with E-state index in [0.29, 0.717) is 24.9 Å². The lowest BCUT2D eigenvalue weighted by molar-refractivity contribution is -0.147. The summed E-state index contributed by atoms with van der Waals surface area (Å²) in [5, 5.41) is 15.9. The molecule has 9 rings (SSSR count). The molecule has 1 saturated carbocycles. The van der Waals surface area contributed by atoms with Gasteiger partial charge in [0.05, 0.1) is 48.2 Å². The van der Waals surface area contributed by atoms with Crippen LogP contribution < -0.4 is 10.6 Å². The zero-order chi connectivity index (χ0) is 45.5. The van der Waals surface area contributed by atoms with Crippen LogP contribution in [0.1, 0.15) is 120 Å². The summed E-state index contributed by atoms with van der Waals surface area (Å²) in [4.78, 5) is 60.8. The number of methoxy groups -OCH3 is 2. The van der Waals surface area contributed by atoms with Gasteiger partial charge in [0.2, 0.25) is 18.2 Å². The van der Waals surface area contributed by atoms with Gasteiger partial charge in [-0.15, -0.1) is 0 Å². The lowest BCUT2D eigenvalue weighted by atomic mass is 9.73. The Morgan fingerprint density at radius 1 is 0.754 bits per heavy atom. The number of carbonyl (C=O) groups is 3. The molecule has 0 spiro atoms. The van der Waals surface area contributed by atoms with Crippen LogP contribution in [0.4, 0.5) is 4.79 Å². The summed E-state index contributed by atoms with van der Waals surface area (Å²) in [5.74, 6) is 2.45. The predicted molar refractivity (Wildman–Crippen MR) is 249 cm³/mol. The molecular formula is C51H64N8O6. The number of nitrogens with zero attached hydrogens (tertiary/aromatic N) is 4. The predicted octanol–water partition coefficient (Wildman–Crippen LogP) is 8.36. The van der Waals surface area contributed by atoms with Gasteiger partial charge in [-0.25, -0.2) is 14.8 Å². The molecule has 0 radical (unpaired) electrons. The van der Waals surface area contributed by atoms with Crippen molar-refractivity contribution >= 4 is 28.9 Å². The number of aliphatic hydroxyl groups is 1. The molecule has 5 aromatic rings. The zero-order valence-electron chi connectivity index (χ0n) is 38.5. The Hall–Kier alpha value is -5.57. The Balaban J connectivity index is 0.954. The highest BCUT2D eigenvalue weighted by Gasteiger charge is 2.42. The molecule has 0 bridgehead atoms. The number of carbonyl (C=O) groups excluding carboxylic acids is 3. The van der Waals surface area contributed by atoms with Crippen LogP contribution in [0.2, 0.25) is 0 Å². The first-order chi connectivity index (χ1) is 31.4. The molecule has 4 heterocycles. The monoisotopic (exact) mass is 884 g/mol. The first kappa shape index (κ1) is 44.6. The Kier molecular flexibility index (Phi) is 12.9. The number of ether oxygens (including phenoxy) is 2. The highest BCUT2D eigenvalue weighted by molar-refractivity contribution is 5.88. The second kappa shape index (κ2) is 18.7. The van der Waals surface area contributed by atoms with Gasteiger partial charge in [0.1, 0.15) is 17.7 Å². The highest BCUT2D eigenvalue weighted by Crippen LogP contribution is 2.56. The van der Waals surface area contributed by atoms with Crippen LogP contribution in [0, 0.1) is 17.8 Å². The van der Waals surface area contributed by atoms with Crippen molar-refractivity contribution in [3.05, 3.63) is 83.6 Å². The lowest BCUT2D eigenvalue weighted by Crippen LogP contribution is -2.54. The normalized spacial score (nSPS) is 22.0. The molecule has 4 aliphatic rings. The number of hydrogen-bond donors (Lipinski definition) is 5. The summed E-state index contributed by atoms with van der Waals surface area (Å²) in [6.45, 7) is 9.03. The van der Waals surface area contributed by atoms with E-state index in [-0.39, 0.29) is 35.7 Å². The van der Waals surface area contributed by atoms with Crippen molar-refractivity contribution < 1.29 is 29.0 Å². The van der Waals surface area contributed by atoms with E-state index in [1.165, 1.54) is 54.9 Å². The number of nitrogens with one attached hydrogen (secondary N) is 4. The second-order valence-electron chi connectivity index (χ2n) is 19.2. The van der Waals surface area contributed by atoms with Gasteiger partial charge in [0.15, 0.2) is 0 Å². The van der Waals surface area contributed by atoms with E-state index in [9.17, 15) is 19.5 Å². The van der Waals surface area contributed by atoms with E-state index in [0.717, 1.165) is 84.4 Å². The van der Waals surface area contributed by atoms with E-state index in [4.69, 9.17) is 19.4 Å². The molecule has 2 aromatic heterocycles. The number of fused-ring (bicyclic) bond motifs is 4. The maximum atomic E-state index is 14.0. The standard InChI is InChI=1S/C51H64N8O6/c1-28(2)44(56-50(62)64-5)48(60)58-23-9-7-11-41(58)46-52-27-40(55-46)31-15-13-30(14-16-31)35-21-20-34(37-25-32-17-19-36(32)43(35)37)33-18-22-38-39(26-33)54-47(53-38)42-12-8-10-24-59(42)49(61)45(29(3)4)57-51(63)65-6/h13-16,18,20-22,26-29,32,36,41-42,44-45,51,57,63H,7-12,17,19,23-25H2,1-6H3,(H,52,55)(H,53,54)(H,56,62)/t32?,36?,41-,42-,44-,45-,51?/m0/s1. The van der Waals surface area contributed by atoms with E-state index in [2.05, 4.69) is 75.2 Å². The van der Waals surface area contributed by atoms with Gasteiger partial charge >= 0.3 is 6.09 Å². The molecule has 5 N–H and O–H groups in total. The van der Waals surface area contributed by atoms with Gasteiger partial charge in [0, 0.05) is 20.2 Å². The van der Waals surface area contributed by atoms with Gasteiger partial charge in [0.25, 0.3) is 0 Å². The molecule has 14 heteroatoms. The number of alkyl carbamates (subject to hydrolysis) is 1. The number of aliphatic hydroxyl groups excluding tert-OH is 1. The van der Waals surface area contributed by atoms with Crippen molar-refractivity contribution in [1.29, 1.82) is 0 Å². The largest absolute Gasteiger partial charge is 0.453 e. The number of imidazole rings is 2. The SMILES string of the molecule is COC(=O)N[C@H](C(=O)N1CCCC[C@H]1c1ncc(-c2ccc(-c3ccc(-c4ccc5nc([C@@H]6CCCCN6C(=O)[C@@H](NC(O)OC)C(C)C)[nH]c5c4)c4c3C3CCC3C4)cc2)[nH]1)C(C)C. The third-order valence-electron chi connectivity index (χ3n) is 14.6. The van der Waals surface area contributed by atoms with Crippen molar-refractivity contribution in [2.24, 2.45) is 17.8 Å². The lowest BCUT2D eigenvalue weighted by Gasteiger charge is -2.38. The highest BCUT2D eigenvalue weighted by atomic mass is 16.6. The number of piperidine rings is 2. The average molecular weight is 885 g/mol. The Morgan fingerprint density at radius 2 is 1.40 bits per heavy atom. The maximum absolute atomic E-state index is 14.0. The van der Waals surface area contributed by atoms with Crippen molar-refractivity contribution in [2.45, 2.75) is 122 Å². The molecule has 344 valence electrons. The molecule has 2 aliphatic carbocycles. The van der Waals surface area contributed by atoms with Crippen molar-refractivity contribution in [3.63, 3.8) is 0 Å². The van der Waals surface area contributed by atoms with Gasteiger partial charge in [-0.05, 0) is 133 Å². The van der Waals surface area contributed by atoms with Crippen LogP contribution in [0.15, 0.2) is 60.8 Å². The summed E-state index contributed by atoms with van der Waals surface area (Å²) >= 11 is 0. The summed E-state index contributed by atoms with van der Waals surface area (Å²) in [6, 6.07) is 18.2. The van der Waals surface area contributed by atoms with Crippen molar-refractivity contribution in [2.75, 3.05) is 27.3 Å². The second-order valence-corrected chi connectivity index (χ2v) is 19.2. The minimum absolute atomic E-state index is 0.0467. The Morgan fingerprint density at radius 3 is 2.05 bits per heavy atom. The van der Waals surface area contributed by atoms with Crippen LogP contribution in [-0.2, 0) is 25.5 Å². The van der Waals surface area contributed by atoms with Crippen molar-refractivity contribution in [1.82, 2.24) is 40.4 Å². The molecule has 7 atom stereocenters. The van der Waals surface area contributed by atoms with Crippen LogP contribution in [0.3, 0.4) is 0 Å². The van der Waals surface area contributed by atoms with Crippen molar-refractivity contribution in [3.8, 4) is 33.5 Å². The van der Waals surface area contributed by atoms with E-state index >= 15 is 0 Å². The summed E-state index contributed by atoms with van der Waals surface area (Å²) in [6.07, 6.45) is 8.98. The van der Waals surface area contributed by atoms with Gasteiger partial charge in [-0.2, -0.15) is 0 Å². The quantitative estimate of drug-likeness (QED) is 0.0727. The molecule has 3 unspecified atom stereocenters. The summed E-state index contributed by atoms with van der Waals surface area (Å²) < 4.78 is 9.86. The maximum Gasteiger partial charge on any atom is 0.407 e. The molecule has 2 saturated heterocycles. The molecule has 65 heavy (non-hydrogen) atoms. The van der Waals surface area contributed by atoms with Gasteiger partial charge in [-0.1, -0.05) is 70.2 Å². The number of rotatable bonds is 13. The molecule has 3 amide bonds. The molecule has 2 aliphatic heterocycles. The number of amides is 3. The number of benzene rings is 3. The fourth-order valence-electron chi connectivity index (χ4n) is 10.9. The van der Waals surface area contributed by atoms with E-state index in [1.54, 1.807) is 0 Å². The third kappa shape index (κ3) is 8.68. The zero-order valence-corrected chi connectivity index (χ0v) is 38.5. The van der Waals surface area contributed by atoms with Crippen LogP contribution >= 0.6 is 0 Å². The van der Waals surface area contributed by atoms with E-state index in [1.807, 2.05) is 43.7 Å². The number of aromatic nitrogens is 4. The third-order valence-corrected chi connectivity index (χ3v) is 14.6. The summed E-state index contributed by atoms with van der Waals surface area (Å²) in [7, 11) is 2.72. The van der Waals surface area contributed by atoms with Gasteiger partial charge < -0.3 is 39.7 Å². The number of likely N-dealkylation sites (tertiary alicyclic amines) is 2. The van der Waals surface area contributed by atoms with Crippen LogP contribution in [0.5, 0.6) is 0 Å². The first-order valence-corrected chi connectivity index (χ1v) is 23.7. The fraction of sp³-hybridized carbons (Fsp3) is 0.510. The number of hydrogen-bond acceptors (Lipinski definition) is 9. The van der Waals surface area contributed by atoms with Crippen LogP contribution in [-0.4, -0.2) is 98.6 Å².